The lowest BCUT2D eigenvalue weighted by Crippen LogP contribution is -1.94. The second kappa shape index (κ2) is 6.14. The first-order chi connectivity index (χ1) is 9.63. The van der Waals surface area contributed by atoms with Gasteiger partial charge in [-0.15, -0.1) is 0 Å². The first-order valence-electron chi connectivity index (χ1n) is 5.96. The number of halogens is 1. The van der Waals surface area contributed by atoms with Crippen LogP contribution in [0, 0.1) is 11.3 Å². The molecule has 0 aliphatic carbocycles. The first kappa shape index (κ1) is 14.0. The van der Waals surface area contributed by atoms with Crippen LogP contribution in [0.25, 0.3) is 0 Å². The highest BCUT2D eigenvalue weighted by Crippen LogP contribution is 2.31. The molecule has 0 amide bonds. The summed E-state index contributed by atoms with van der Waals surface area (Å²) in [6, 6.07) is 14.7. The standard InChI is InChI=1S/C16H12ClN3/c1-11(13-5-3-4-12(8-13)10-18)20-15-7-6-14(17)9-16(15)19-2/h3-9H,2H2,1H3. The number of hydrogen-bond acceptors (Lipinski definition) is 3. The van der Waals surface area contributed by atoms with Crippen LogP contribution < -0.4 is 0 Å². The molecule has 0 atom stereocenters. The second-order valence-electron chi connectivity index (χ2n) is 4.18. The second-order valence-corrected chi connectivity index (χ2v) is 4.62. The first-order valence-corrected chi connectivity index (χ1v) is 6.34. The van der Waals surface area contributed by atoms with Crippen LogP contribution in [0.1, 0.15) is 18.1 Å². The highest BCUT2D eigenvalue weighted by Gasteiger charge is 2.03. The molecule has 4 heteroatoms. The third-order valence-corrected chi connectivity index (χ3v) is 3.04. The summed E-state index contributed by atoms with van der Waals surface area (Å²) in [7, 11) is 0. The quantitative estimate of drug-likeness (QED) is 0.753. The van der Waals surface area contributed by atoms with E-state index in [1.807, 2.05) is 19.1 Å². The Bertz CT molecular complexity index is 727. The number of nitriles is 1. The van der Waals surface area contributed by atoms with Crippen molar-refractivity contribution in [1.82, 2.24) is 0 Å². The van der Waals surface area contributed by atoms with E-state index >= 15 is 0 Å². The average molecular weight is 282 g/mol. The van der Waals surface area contributed by atoms with Crippen LogP contribution in [0.15, 0.2) is 52.4 Å². The Morgan fingerprint density at radius 1 is 1.20 bits per heavy atom. The summed E-state index contributed by atoms with van der Waals surface area (Å²) >= 11 is 5.92. The Morgan fingerprint density at radius 2 is 2.00 bits per heavy atom. The molecule has 3 nitrogen and oxygen atoms in total. The number of aliphatic imine (C=N–C) groups is 2. The minimum Gasteiger partial charge on any atom is -0.262 e. The van der Waals surface area contributed by atoms with E-state index in [2.05, 4.69) is 22.8 Å². The van der Waals surface area contributed by atoms with Crippen molar-refractivity contribution in [3.05, 3.63) is 58.6 Å². The Kier molecular flexibility index (Phi) is 4.29. The maximum Gasteiger partial charge on any atom is 0.0991 e. The van der Waals surface area contributed by atoms with Crippen LogP contribution in [0.2, 0.25) is 5.02 Å². The maximum absolute atomic E-state index is 8.92. The Morgan fingerprint density at radius 3 is 2.70 bits per heavy atom. The molecule has 0 bridgehead atoms. The topological polar surface area (TPSA) is 48.5 Å². The Labute approximate surface area is 122 Å². The molecule has 0 aromatic heterocycles. The van der Waals surface area contributed by atoms with Gasteiger partial charge in [0.15, 0.2) is 0 Å². The zero-order valence-corrected chi connectivity index (χ0v) is 11.7. The van der Waals surface area contributed by atoms with Gasteiger partial charge in [-0.1, -0.05) is 23.7 Å². The minimum absolute atomic E-state index is 0.593. The monoisotopic (exact) mass is 281 g/mol. The molecular weight excluding hydrogens is 270 g/mol. The molecule has 98 valence electrons. The number of rotatable bonds is 3. The molecule has 20 heavy (non-hydrogen) atoms. The fraction of sp³-hybridized carbons (Fsp3) is 0.0625. The molecule has 0 spiro atoms. The van der Waals surface area contributed by atoms with E-state index in [0.717, 1.165) is 11.3 Å². The Hall–Kier alpha value is -2.44. The lowest BCUT2D eigenvalue weighted by atomic mass is 10.1. The summed E-state index contributed by atoms with van der Waals surface area (Å²) in [6.07, 6.45) is 0. The largest absolute Gasteiger partial charge is 0.262 e. The van der Waals surface area contributed by atoms with Gasteiger partial charge in [-0.05, 0) is 49.5 Å². The zero-order chi connectivity index (χ0) is 14.5. The molecule has 0 aliphatic heterocycles. The van der Waals surface area contributed by atoms with E-state index in [1.54, 1.807) is 30.3 Å². The predicted octanol–water partition coefficient (Wildman–Crippen LogP) is 4.68. The molecule has 0 saturated heterocycles. The number of benzene rings is 2. The highest BCUT2D eigenvalue weighted by atomic mass is 35.5. The van der Waals surface area contributed by atoms with E-state index in [9.17, 15) is 0 Å². The van der Waals surface area contributed by atoms with Crippen LogP contribution in [-0.4, -0.2) is 12.4 Å². The van der Waals surface area contributed by atoms with Gasteiger partial charge < -0.3 is 0 Å². The van der Waals surface area contributed by atoms with Gasteiger partial charge in [0.05, 0.1) is 23.0 Å². The fourth-order valence-electron chi connectivity index (χ4n) is 1.78. The van der Waals surface area contributed by atoms with Crippen LogP contribution in [0.5, 0.6) is 0 Å². The van der Waals surface area contributed by atoms with E-state index in [4.69, 9.17) is 16.9 Å². The molecule has 2 aromatic rings. The minimum atomic E-state index is 0.593. The number of hydrogen-bond donors (Lipinski definition) is 0. The summed E-state index contributed by atoms with van der Waals surface area (Å²) in [5.41, 5.74) is 3.64. The fourth-order valence-corrected chi connectivity index (χ4v) is 1.94. The van der Waals surface area contributed by atoms with Crippen molar-refractivity contribution in [1.29, 1.82) is 5.26 Å². The van der Waals surface area contributed by atoms with Crippen molar-refractivity contribution in [2.45, 2.75) is 6.92 Å². The number of nitrogens with zero attached hydrogens (tertiary/aromatic N) is 3. The summed E-state index contributed by atoms with van der Waals surface area (Å²) in [5, 5.41) is 9.51. The molecule has 0 saturated carbocycles. The molecule has 2 aromatic carbocycles. The summed E-state index contributed by atoms with van der Waals surface area (Å²) in [5.74, 6) is 0. The van der Waals surface area contributed by atoms with Gasteiger partial charge in [0, 0.05) is 10.7 Å². The molecular formula is C16H12ClN3. The summed E-state index contributed by atoms with van der Waals surface area (Å²) in [6.45, 7) is 5.41. The zero-order valence-electron chi connectivity index (χ0n) is 11.0. The average Bonchev–Trinajstić information content (AvgIpc) is 2.49. The lowest BCUT2D eigenvalue weighted by molar-refractivity contribution is 1.43. The highest BCUT2D eigenvalue weighted by molar-refractivity contribution is 6.31. The summed E-state index contributed by atoms with van der Waals surface area (Å²) in [4.78, 5) is 8.45. The van der Waals surface area contributed by atoms with Gasteiger partial charge in [0.25, 0.3) is 0 Å². The van der Waals surface area contributed by atoms with E-state index in [-0.39, 0.29) is 0 Å². The molecule has 0 radical (unpaired) electrons. The van der Waals surface area contributed by atoms with Gasteiger partial charge in [-0.25, -0.2) is 0 Å². The van der Waals surface area contributed by atoms with Crippen molar-refractivity contribution in [3.63, 3.8) is 0 Å². The molecule has 0 aliphatic rings. The molecule has 0 unspecified atom stereocenters. The van der Waals surface area contributed by atoms with Crippen LogP contribution in [0.3, 0.4) is 0 Å². The molecule has 0 N–H and O–H groups in total. The van der Waals surface area contributed by atoms with Crippen molar-refractivity contribution in [3.8, 4) is 6.07 Å². The smallest absolute Gasteiger partial charge is 0.0991 e. The van der Waals surface area contributed by atoms with Gasteiger partial charge in [0.2, 0.25) is 0 Å². The third-order valence-electron chi connectivity index (χ3n) is 2.81. The molecule has 2 rings (SSSR count). The lowest BCUT2D eigenvalue weighted by Gasteiger charge is -2.04. The third kappa shape index (κ3) is 3.11. The molecule has 0 heterocycles. The van der Waals surface area contributed by atoms with Gasteiger partial charge >= 0.3 is 0 Å². The van der Waals surface area contributed by atoms with Crippen molar-refractivity contribution in [2.75, 3.05) is 0 Å². The summed E-state index contributed by atoms with van der Waals surface area (Å²) < 4.78 is 0. The van der Waals surface area contributed by atoms with E-state index in [0.29, 0.717) is 22.0 Å². The predicted molar refractivity (Wildman–Crippen MR) is 83.7 cm³/mol. The van der Waals surface area contributed by atoms with Gasteiger partial charge in [-0.2, -0.15) is 5.26 Å². The van der Waals surface area contributed by atoms with Crippen LogP contribution in [-0.2, 0) is 0 Å². The van der Waals surface area contributed by atoms with Gasteiger partial charge in [0.1, 0.15) is 0 Å². The van der Waals surface area contributed by atoms with Crippen molar-refractivity contribution < 1.29 is 0 Å². The van der Waals surface area contributed by atoms with Gasteiger partial charge in [-0.3, -0.25) is 9.98 Å². The van der Waals surface area contributed by atoms with Crippen LogP contribution in [0.4, 0.5) is 11.4 Å². The normalized spacial score (nSPS) is 10.9. The Balaban J connectivity index is 2.44. The van der Waals surface area contributed by atoms with E-state index in [1.165, 1.54) is 0 Å². The SMILES string of the molecule is C=Nc1cc(Cl)ccc1N=C(C)c1cccc(C#N)c1. The van der Waals surface area contributed by atoms with Crippen LogP contribution >= 0.6 is 11.6 Å². The van der Waals surface area contributed by atoms with E-state index < -0.39 is 0 Å². The van der Waals surface area contributed by atoms with Crippen molar-refractivity contribution in [2.24, 2.45) is 9.98 Å². The molecule has 0 fully saturated rings. The maximum atomic E-state index is 8.92. The van der Waals surface area contributed by atoms with Crippen molar-refractivity contribution >= 4 is 35.4 Å².